The van der Waals surface area contributed by atoms with E-state index in [1.54, 1.807) is 19.1 Å². The Bertz CT molecular complexity index is 1190. The minimum Gasteiger partial charge on any atom is -0.495 e. The van der Waals surface area contributed by atoms with E-state index in [4.69, 9.17) is 9.47 Å². The van der Waals surface area contributed by atoms with Crippen molar-refractivity contribution in [3.05, 3.63) is 83.4 Å². The lowest BCUT2D eigenvalue weighted by atomic mass is 10.2. The molecular weight excluding hydrogens is 428 g/mol. The normalized spacial score (nSPS) is 11.1. The second-order valence-corrected chi connectivity index (χ2v) is 9.04. The van der Waals surface area contributed by atoms with Gasteiger partial charge in [0, 0.05) is 6.54 Å². The van der Waals surface area contributed by atoms with Crippen LogP contribution in [-0.4, -0.2) is 28.0 Å². The van der Waals surface area contributed by atoms with Gasteiger partial charge in [0.25, 0.3) is 5.91 Å². The monoisotopic (exact) mass is 454 g/mol. The average molecular weight is 455 g/mol. The Hall–Kier alpha value is -3.36. The number of aryl methyl sites for hydroxylation is 2. The van der Waals surface area contributed by atoms with Gasteiger partial charge in [-0.05, 0) is 60.9 Å². The fraction of sp³-hybridized carbons (Fsp3) is 0.208. The summed E-state index contributed by atoms with van der Waals surface area (Å²) >= 11 is 0. The summed E-state index contributed by atoms with van der Waals surface area (Å²) in [5.74, 6) is 0.630. The number of carbonyl (C=O) groups is 1. The summed E-state index contributed by atoms with van der Waals surface area (Å²) in [5, 5.41) is 2.77. The Morgan fingerprint density at radius 3 is 2.34 bits per heavy atom. The molecule has 0 saturated carbocycles. The van der Waals surface area contributed by atoms with Crippen molar-refractivity contribution in [2.24, 2.45) is 0 Å². The molecule has 0 radical (unpaired) electrons. The van der Waals surface area contributed by atoms with Crippen LogP contribution in [-0.2, 0) is 21.4 Å². The van der Waals surface area contributed by atoms with Crippen LogP contribution < -0.4 is 19.5 Å². The lowest BCUT2D eigenvalue weighted by Crippen LogP contribution is -2.23. The van der Waals surface area contributed by atoms with Crippen LogP contribution in [0.5, 0.6) is 11.5 Å². The molecule has 0 aliphatic carbocycles. The number of carbonyl (C=O) groups excluding carboxylic acids is 1. The molecule has 0 heterocycles. The molecule has 0 aliphatic rings. The first-order chi connectivity index (χ1) is 15.3. The van der Waals surface area contributed by atoms with E-state index in [1.165, 1.54) is 19.2 Å². The maximum absolute atomic E-state index is 12.6. The van der Waals surface area contributed by atoms with Crippen LogP contribution in [0.1, 0.15) is 16.7 Å². The number of nitrogens with one attached hydrogen (secondary N) is 2. The van der Waals surface area contributed by atoms with E-state index in [9.17, 15) is 13.2 Å². The van der Waals surface area contributed by atoms with Crippen molar-refractivity contribution in [3.63, 3.8) is 0 Å². The van der Waals surface area contributed by atoms with E-state index in [2.05, 4.69) is 10.0 Å². The second-order valence-electron chi connectivity index (χ2n) is 7.28. The maximum Gasteiger partial charge on any atom is 0.262 e. The van der Waals surface area contributed by atoms with Crippen molar-refractivity contribution in [3.8, 4) is 11.5 Å². The molecule has 0 bridgehead atoms. The summed E-state index contributed by atoms with van der Waals surface area (Å²) in [6, 6.07) is 19.3. The van der Waals surface area contributed by atoms with Crippen molar-refractivity contribution in [2.75, 3.05) is 19.0 Å². The number of anilines is 1. The van der Waals surface area contributed by atoms with Crippen molar-refractivity contribution in [1.29, 1.82) is 0 Å². The van der Waals surface area contributed by atoms with Crippen LogP contribution in [0.4, 0.5) is 5.69 Å². The van der Waals surface area contributed by atoms with Crippen molar-refractivity contribution >= 4 is 21.6 Å². The predicted octanol–water partition coefficient (Wildman–Crippen LogP) is 3.81. The molecule has 3 aromatic carbocycles. The van der Waals surface area contributed by atoms with E-state index in [-0.39, 0.29) is 24.0 Å². The highest BCUT2D eigenvalue weighted by Gasteiger charge is 2.16. The zero-order valence-electron chi connectivity index (χ0n) is 18.2. The average Bonchev–Trinajstić information content (AvgIpc) is 2.78. The zero-order chi connectivity index (χ0) is 23.1. The van der Waals surface area contributed by atoms with Crippen molar-refractivity contribution in [2.45, 2.75) is 25.3 Å². The third-order valence-corrected chi connectivity index (χ3v) is 6.15. The number of hydrogen-bond donors (Lipinski definition) is 2. The number of benzene rings is 3. The molecule has 3 rings (SSSR count). The fourth-order valence-electron chi connectivity index (χ4n) is 3.06. The molecule has 0 saturated heterocycles. The zero-order valence-corrected chi connectivity index (χ0v) is 19.0. The third kappa shape index (κ3) is 6.09. The third-order valence-electron chi connectivity index (χ3n) is 4.75. The summed E-state index contributed by atoms with van der Waals surface area (Å²) in [6.07, 6.45) is 0. The lowest BCUT2D eigenvalue weighted by molar-refractivity contribution is -0.118. The van der Waals surface area contributed by atoms with Gasteiger partial charge in [-0.2, -0.15) is 0 Å². The molecule has 0 aromatic heterocycles. The van der Waals surface area contributed by atoms with Gasteiger partial charge in [0.15, 0.2) is 6.61 Å². The fourth-order valence-corrected chi connectivity index (χ4v) is 4.16. The highest BCUT2D eigenvalue weighted by atomic mass is 32.2. The van der Waals surface area contributed by atoms with Gasteiger partial charge in [0.2, 0.25) is 10.0 Å². The molecule has 0 spiro atoms. The molecule has 1 amide bonds. The maximum atomic E-state index is 12.6. The first kappa shape index (κ1) is 23.3. The molecule has 168 valence electrons. The molecule has 8 heteroatoms. The van der Waals surface area contributed by atoms with Crippen molar-refractivity contribution < 1.29 is 22.7 Å². The number of sulfonamides is 1. The molecule has 2 N–H and O–H groups in total. The Morgan fingerprint density at radius 2 is 1.66 bits per heavy atom. The van der Waals surface area contributed by atoms with Gasteiger partial charge >= 0.3 is 0 Å². The summed E-state index contributed by atoms with van der Waals surface area (Å²) in [5.41, 5.74) is 3.01. The quantitative estimate of drug-likeness (QED) is 0.513. The van der Waals surface area contributed by atoms with Gasteiger partial charge in [-0.25, -0.2) is 13.1 Å². The van der Waals surface area contributed by atoms with Crippen LogP contribution in [0, 0.1) is 13.8 Å². The van der Waals surface area contributed by atoms with Gasteiger partial charge < -0.3 is 14.8 Å². The Kier molecular flexibility index (Phi) is 7.50. The Morgan fingerprint density at radius 1 is 0.938 bits per heavy atom. The molecule has 0 fully saturated rings. The number of methoxy groups -OCH3 is 1. The highest BCUT2D eigenvalue weighted by Crippen LogP contribution is 2.26. The molecule has 0 unspecified atom stereocenters. The number of hydrogen-bond acceptors (Lipinski definition) is 5. The predicted molar refractivity (Wildman–Crippen MR) is 124 cm³/mol. The largest absolute Gasteiger partial charge is 0.495 e. The molecule has 7 nitrogen and oxygen atoms in total. The van der Waals surface area contributed by atoms with Crippen LogP contribution in [0.15, 0.2) is 71.6 Å². The van der Waals surface area contributed by atoms with Gasteiger partial charge in [-0.3, -0.25) is 4.79 Å². The van der Waals surface area contributed by atoms with Gasteiger partial charge in [-0.15, -0.1) is 0 Å². The van der Waals surface area contributed by atoms with Gasteiger partial charge in [0.1, 0.15) is 11.5 Å². The molecule has 3 aromatic rings. The molecule has 0 atom stereocenters. The number of amides is 1. The Balaban J connectivity index is 1.61. The minimum absolute atomic E-state index is 0.132. The van der Waals surface area contributed by atoms with Crippen LogP contribution in [0.2, 0.25) is 0 Å². The molecule has 0 aliphatic heterocycles. The van der Waals surface area contributed by atoms with E-state index in [1.807, 2.05) is 49.4 Å². The lowest BCUT2D eigenvalue weighted by Gasteiger charge is -2.13. The highest BCUT2D eigenvalue weighted by molar-refractivity contribution is 7.89. The van der Waals surface area contributed by atoms with Crippen LogP contribution >= 0.6 is 0 Å². The van der Waals surface area contributed by atoms with Gasteiger partial charge in [-0.1, -0.05) is 36.4 Å². The summed E-state index contributed by atoms with van der Waals surface area (Å²) in [4.78, 5) is 12.5. The van der Waals surface area contributed by atoms with E-state index >= 15 is 0 Å². The number of rotatable bonds is 9. The van der Waals surface area contributed by atoms with Crippen LogP contribution in [0.3, 0.4) is 0 Å². The van der Waals surface area contributed by atoms with E-state index in [0.717, 1.165) is 11.1 Å². The van der Waals surface area contributed by atoms with E-state index < -0.39 is 10.0 Å². The van der Waals surface area contributed by atoms with E-state index in [0.29, 0.717) is 22.7 Å². The number of ether oxygens (including phenoxy) is 2. The topological polar surface area (TPSA) is 93.7 Å². The molecular formula is C24H26N2O5S. The summed E-state index contributed by atoms with van der Waals surface area (Å²) in [6.45, 7) is 3.62. The second kappa shape index (κ2) is 10.3. The minimum atomic E-state index is -3.68. The van der Waals surface area contributed by atoms with Crippen molar-refractivity contribution in [1.82, 2.24) is 4.72 Å². The standard InChI is InChI=1S/C24H26N2O5S/c1-17-9-11-23(30-3)21(13-17)26-24(27)16-31-22-12-10-20(14-18(22)2)32(28,29)25-15-19-7-5-4-6-8-19/h4-14,25H,15-16H2,1-3H3,(H,26,27). The Labute approximate surface area is 188 Å². The summed E-state index contributed by atoms with van der Waals surface area (Å²) in [7, 11) is -2.15. The smallest absolute Gasteiger partial charge is 0.262 e. The van der Waals surface area contributed by atoms with Gasteiger partial charge in [0.05, 0.1) is 17.7 Å². The van der Waals surface area contributed by atoms with Crippen LogP contribution in [0.25, 0.3) is 0 Å². The molecule has 32 heavy (non-hydrogen) atoms. The first-order valence-corrected chi connectivity index (χ1v) is 11.5. The SMILES string of the molecule is COc1ccc(C)cc1NC(=O)COc1ccc(S(=O)(=O)NCc2ccccc2)cc1C. The first-order valence-electron chi connectivity index (χ1n) is 10.00. The summed E-state index contributed by atoms with van der Waals surface area (Å²) < 4.78 is 38.6.